The monoisotopic (exact) mass is 477 g/mol. The molecule has 1 aliphatic carbocycles. The third kappa shape index (κ3) is 5.52. The van der Waals surface area contributed by atoms with Crippen LogP contribution in [0.3, 0.4) is 0 Å². The van der Waals surface area contributed by atoms with E-state index in [1.807, 2.05) is 0 Å². The van der Waals surface area contributed by atoms with E-state index in [9.17, 15) is 26.4 Å². The zero-order chi connectivity index (χ0) is 23.5. The van der Waals surface area contributed by atoms with E-state index in [1.54, 1.807) is 0 Å². The van der Waals surface area contributed by atoms with Crippen molar-refractivity contribution in [2.75, 3.05) is 13.1 Å². The lowest BCUT2D eigenvalue weighted by molar-refractivity contribution is -0.139. The van der Waals surface area contributed by atoms with E-state index in [2.05, 4.69) is 31.3 Å². The van der Waals surface area contributed by atoms with Gasteiger partial charge in [0.25, 0.3) is 0 Å². The highest BCUT2D eigenvalue weighted by Crippen LogP contribution is 2.44. The summed E-state index contributed by atoms with van der Waals surface area (Å²) in [6.45, 7) is 0.680. The Morgan fingerprint density at radius 3 is 2.44 bits per heavy atom. The predicted molar refractivity (Wildman–Crippen MR) is 105 cm³/mol. The van der Waals surface area contributed by atoms with Crippen molar-refractivity contribution in [3.05, 3.63) is 23.3 Å². The number of carboxylic acid groups (broad SMARTS) is 1. The molecule has 176 valence electrons. The molecule has 0 aliphatic heterocycles. The van der Waals surface area contributed by atoms with Crippen LogP contribution in [-0.4, -0.2) is 59.4 Å². The van der Waals surface area contributed by atoms with Crippen molar-refractivity contribution in [3.63, 3.8) is 0 Å². The maximum atomic E-state index is 13.6. The summed E-state index contributed by atoms with van der Waals surface area (Å²) in [7, 11) is -4.78. The van der Waals surface area contributed by atoms with Crippen LogP contribution >= 0.6 is 0 Å². The predicted octanol–water partition coefficient (Wildman–Crippen LogP) is 1.42. The van der Waals surface area contributed by atoms with E-state index in [4.69, 9.17) is 10.2 Å². The van der Waals surface area contributed by atoms with E-state index in [0.29, 0.717) is 37.8 Å². The minimum Gasteiger partial charge on any atom is -0.465 e. The third-order valence-corrected chi connectivity index (χ3v) is 6.34. The summed E-state index contributed by atoms with van der Waals surface area (Å²) >= 11 is 0. The van der Waals surface area contributed by atoms with E-state index in [0.717, 1.165) is 6.07 Å². The van der Waals surface area contributed by atoms with Gasteiger partial charge in [-0.1, -0.05) is 6.07 Å². The Hall–Kier alpha value is -2.78. The Bertz CT molecular complexity index is 1050. The van der Waals surface area contributed by atoms with E-state index < -0.39 is 32.8 Å². The molecular weight excluding hydrogens is 455 g/mol. The fourth-order valence-corrected chi connectivity index (χ4v) is 4.99. The highest BCUT2D eigenvalue weighted by Gasteiger charge is 2.40. The first-order valence-electron chi connectivity index (χ1n) is 9.69. The van der Waals surface area contributed by atoms with Crippen LogP contribution in [0.1, 0.15) is 42.7 Å². The van der Waals surface area contributed by atoms with E-state index >= 15 is 0 Å². The molecule has 2 aromatic rings. The topological polar surface area (TPSA) is 176 Å². The molecule has 1 heterocycles. The number of benzene rings is 1. The Labute approximate surface area is 181 Å². The minimum absolute atomic E-state index is 0.0997. The standard InChI is InChI=1S/C17H22F3N7O4S/c18-17(19,20)12-6-5-11(13(14(12)32(21,30)31)15-24-26-27-25-15)9-1-3-10(4-2-9)22-7-8-23-16(28)29/h5-6,9-10,22-23H,1-4,7-8H2,(H,28,29)(H2,21,30,31)(H,24,25,26,27). The molecular formula is C17H22F3N7O4S. The van der Waals surface area contributed by atoms with Gasteiger partial charge in [0.1, 0.15) is 4.90 Å². The third-order valence-electron chi connectivity index (χ3n) is 5.35. The molecule has 15 heteroatoms. The number of hydrogen-bond acceptors (Lipinski definition) is 7. The number of aromatic nitrogens is 4. The molecule has 1 aromatic heterocycles. The lowest BCUT2D eigenvalue weighted by atomic mass is 9.79. The van der Waals surface area contributed by atoms with Gasteiger partial charge in [-0.05, 0) is 48.4 Å². The number of nitrogens with two attached hydrogens (primary N) is 1. The molecule has 1 saturated carbocycles. The van der Waals surface area contributed by atoms with Crippen LogP contribution in [0.5, 0.6) is 0 Å². The first-order valence-corrected chi connectivity index (χ1v) is 11.2. The minimum atomic E-state index is -4.95. The van der Waals surface area contributed by atoms with Crippen molar-refractivity contribution in [2.45, 2.75) is 48.7 Å². The normalized spacial score (nSPS) is 19.6. The van der Waals surface area contributed by atoms with Crippen LogP contribution in [0.2, 0.25) is 0 Å². The molecule has 0 radical (unpaired) electrons. The van der Waals surface area contributed by atoms with Gasteiger partial charge in [-0.25, -0.2) is 18.4 Å². The number of aromatic amines is 1. The van der Waals surface area contributed by atoms with Crippen molar-refractivity contribution in [1.29, 1.82) is 0 Å². The number of hydrogen-bond donors (Lipinski definition) is 5. The fourth-order valence-electron chi connectivity index (χ4n) is 4.01. The highest BCUT2D eigenvalue weighted by molar-refractivity contribution is 7.89. The molecule has 0 spiro atoms. The molecule has 3 rings (SSSR count). The van der Waals surface area contributed by atoms with Crippen LogP contribution in [0.4, 0.5) is 18.0 Å². The average molecular weight is 477 g/mol. The van der Waals surface area contributed by atoms with Gasteiger partial charge in [-0.3, -0.25) is 0 Å². The second-order valence-corrected chi connectivity index (χ2v) is 8.92. The van der Waals surface area contributed by atoms with Gasteiger partial charge in [-0.15, -0.1) is 10.2 Å². The Kier molecular flexibility index (Phi) is 7.00. The number of H-pyrrole nitrogens is 1. The second kappa shape index (κ2) is 9.38. The lowest BCUT2D eigenvalue weighted by Gasteiger charge is -2.31. The number of amides is 1. The van der Waals surface area contributed by atoms with Crippen LogP contribution < -0.4 is 15.8 Å². The maximum absolute atomic E-state index is 13.6. The second-order valence-electron chi connectivity index (χ2n) is 7.42. The Balaban J connectivity index is 1.91. The van der Waals surface area contributed by atoms with Crippen molar-refractivity contribution in [3.8, 4) is 11.4 Å². The number of sulfonamides is 1. The number of tetrazole rings is 1. The molecule has 6 N–H and O–H groups in total. The molecule has 1 aliphatic rings. The molecule has 0 atom stereocenters. The molecule has 0 unspecified atom stereocenters. The zero-order valence-electron chi connectivity index (χ0n) is 16.7. The molecule has 1 fully saturated rings. The zero-order valence-corrected chi connectivity index (χ0v) is 17.5. The number of nitrogens with one attached hydrogen (secondary N) is 3. The summed E-state index contributed by atoms with van der Waals surface area (Å²) in [5, 5.41) is 32.2. The number of carbonyl (C=O) groups is 1. The largest absolute Gasteiger partial charge is 0.465 e. The summed E-state index contributed by atoms with van der Waals surface area (Å²) in [4.78, 5) is 9.42. The number of primary sulfonamides is 1. The smallest absolute Gasteiger partial charge is 0.417 e. The fraction of sp³-hybridized carbons (Fsp3) is 0.529. The van der Waals surface area contributed by atoms with Crippen LogP contribution in [0, 0.1) is 0 Å². The first kappa shape index (κ1) is 23.9. The highest BCUT2D eigenvalue weighted by atomic mass is 32.2. The van der Waals surface area contributed by atoms with Crippen LogP contribution in [0.15, 0.2) is 17.0 Å². The lowest BCUT2D eigenvalue weighted by Crippen LogP contribution is -2.38. The number of alkyl halides is 3. The summed E-state index contributed by atoms with van der Waals surface area (Å²) in [6.07, 6.45) is -3.62. The molecule has 0 bridgehead atoms. The number of nitrogens with zero attached hydrogens (tertiary/aromatic N) is 3. The van der Waals surface area contributed by atoms with Crippen molar-refractivity contribution >= 4 is 16.1 Å². The quantitative estimate of drug-likeness (QED) is 0.372. The average Bonchev–Trinajstić information content (AvgIpc) is 3.24. The van der Waals surface area contributed by atoms with Crippen LogP contribution in [-0.2, 0) is 16.2 Å². The summed E-state index contributed by atoms with van der Waals surface area (Å²) in [5.74, 6) is -0.531. The van der Waals surface area contributed by atoms with Crippen molar-refractivity contribution in [1.82, 2.24) is 31.3 Å². The molecule has 0 saturated heterocycles. The van der Waals surface area contributed by atoms with Crippen molar-refractivity contribution < 1.29 is 31.5 Å². The van der Waals surface area contributed by atoms with Gasteiger partial charge >= 0.3 is 12.3 Å². The summed E-state index contributed by atoms with van der Waals surface area (Å²) in [6, 6.07) is 2.07. The molecule has 1 aromatic carbocycles. The Morgan fingerprint density at radius 2 is 1.91 bits per heavy atom. The van der Waals surface area contributed by atoms with Crippen molar-refractivity contribution in [2.24, 2.45) is 5.14 Å². The molecule has 11 nitrogen and oxygen atoms in total. The van der Waals surface area contributed by atoms with Crippen LogP contribution in [0.25, 0.3) is 11.4 Å². The van der Waals surface area contributed by atoms with Gasteiger partial charge in [0, 0.05) is 24.7 Å². The summed E-state index contributed by atoms with van der Waals surface area (Å²) in [5.41, 5.74) is -1.32. The first-order chi connectivity index (χ1) is 15.0. The number of halogens is 3. The SMILES string of the molecule is NS(=O)(=O)c1c(C(F)(F)F)ccc(C2CCC(NCCNC(=O)O)CC2)c1-c1nn[nH]n1. The van der Waals surface area contributed by atoms with Gasteiger partial charge in [0.15, 0.2) is 0 Å². The molecule has 1 amide bonds. The van der Waals surface area contributed by atoms with Gasteiger partial charge in [0.2, 0.25) is 15.8 Å². The molecule has 32 heavy (non-hydrogen) atoms. The van der Waals surface area contributed by atoms with Gasteiger partial charge in [-0.2, -0.15) is 18.4 Å². The van der Waals surface area contributed by atoms with E-state index in [-0.39, 0.29) is 29.9 Å². The Morgan fingerprint density at radius 1 is 1.22 bits per heavy atom. The van der Waals surface area contributed by atoms with Gasteiger partial charge < -0.3 is 15.7 Å². The van der Waals surface area contributed by atoms with E-state index in [1.165, 1.54) is 6.07 Å². The summed E-state index contributed by atoms with van der Waals surface area (Å²) < 4.78 is 65.2. The maximum Gasteiger partial charge on any atom is 0.417 e. The number of rotatable bonds is 7. The van der Waals surface area contributed by atoms with Gasteiger partial charge in [0.05, 0.1) is 5.56 Å².